The first-order valence-corrected chi connectivity index (χ1v) is 8.29. The molecule has 0 heterocycles. The Morgan fingerprint density at radius 3 is 2.65 bits per heavy atom. The second-order valence-corrected chi connectivity index (χ2v) is 6.32. The van der Waals surface area contributed by atoms with E-state index in [0.717, 1.165) is 31.4 Å². The predicted molar refractivity (Wildman–Crippen MR) is 94.4 cm³/mol. The average Bonchev–Trinajstić information content (AvgIpc) is 2.55. The molecule has 0 bridgehead atoms. The maximum absolute atomic E-state index is 12.0. The van der Waals surface area contributed by atoms with Crippen molar-refractivity contribution < 1.29 is 4.79 Å². The molecule has 1 aliphatic rings. The lowest BCUT2D eigenvalue weighted by Crippen LogP contribution is -2.32. The summed E-state index contributed by atoms with van der Waals surface area (Å²) < 4.78 is 0. The van der Waals surface area contributed by atoms with Gasteiger partial charge in [-0.2, -0.15) is 0 Å². The van der Waals surface area contributed by atoms with Crippen molar-refractivity contribution in [3.8, 4) is 0 Å². The van der Waals surface area contributed by atoms with Gasteiger partial charge >= 0.3 is 0 Å². The van der Waals surface area contributed by atoms with Crippen molar-refractivity contribution >= 4 is 5.91 Å². The second kappa shape index (κ2) is 7.28. The summed E-state index contributed by atoms with van der Waals surface area (Å²) in [5.41, 5.74) is 5.24. The molecule has 0 aliphatic heterocycles. The monoisotopic (exact) mass is 305 g/mol. The first kappa shape index (κ1) is 15.5. The van der Waals surface area contributed by atoms with Crippen molar-refractivity contribution in [2.24, 2.45) is 0 Å². The van der Waals surface area contributed by atoms with Gasteiger partial charge < -0.3 is 5.32 Å². The zero-order valence-corrected chi connectivity index (χ0v) is 13.6. The molecule has 1 aliphatic carbocycles. The van der Waals surface area contributed by atoms with Gasteiger partial charge in [0.25, 0.3) is 0 Å². The third-order valence-electron chi connectivity index (χ3n) is 4.51. The SMILES string of the molecule is C/C(=C/C(=O)NCC1Cc2ccccc21)CCc1ccccc1. The van der Waals surface area contributed by atoms with Crippen molar-refractivity contribution in [1.82, 2.24) is 5.32 Å². The fourth-order valence-corrected chi connectivity index (χ4v) is 3.10. The molecule has 2 aromatic rings. The van der Waals surface area contributed by atoms with Crippen LogP contribution in [0.25, 0.3) is 0 Å². The summed E-state index contributed by atoms with van der Waals surface area (Å²) in [6.07, 6.45) is 4.72. The van der Waals surface area contributed by atoms with Crippen molar-refractivity contribution in [1.29, 1.82) is 0 Å². The topological polar surface area (TPSA) is 29.1 Å². The van der Waals surface area contributed by atoms with Gasteiger partial charge in [0, 0.05) is 18.5 Å². The maximum atomic E-state index is 12.0. The molecule has 118 valence electrons. The van der Waals surface area contributed by atoms with Gasteiger partial charge in [0.15, 0.2) is 0 Å². The van der Waals surface area contributed by atoms with E-state index in [-0.39, 0.29) is 5.91 Å². The number of carbonyl (C=O) groups is 1. The quantitative estimate of drug-likeness (QED) is 0.802. The molecule has 1 N–H and O–H groups in total. The summed E-state index contributed by atoms with van der Waals surface area (Å²) >= 11 is 0. The lowest BCUT2D eigenvalue weighted by atomic mass is 9.77. The van der Waals surface area contributed by atoms with E-state index in [1.165, 1.54) is 16.7 Å². The molecular formula is C21H23NO. The highest BCUT2D eigenvalue weighted by atomic mass is 16.1. The van der Waals surface area contributed by atoms with E-state index in [0.29, 0.717) is 5.92 Å². The van der Waals surface area contributed by atoms with E-state index in [1.54, 1.807) is 6.08 Å². The van der Waals surface area contributed by atoms with E-state index in [9.17, 15) is 4.79 Å². The van der Waals surface area contributed by atoms with Crippen LogP contribution in [0.5, 0.6) is 0 Å². The van der Waals surface area contributed by atoms with Crippen LogP contribution in [0.4, 0.5) is 0 Å². The third-order valence-corrected chi connectivity index (χ3v) is 4.51. The highest BCUT2D eigenvalue weighted by Gasteiger charge is 2.25. The summed E-state index contributed by atoms with van der Waals surface area (Å²) in [6, 6.07) is 18.9. The number of fused-ring (bicyclic) bond motifs is 1. The van der Waals surface area contributed by atoms with Crippen LogP contribution in [-0.2, 0) is 17.6 Å². The Morgan fingerprint density at radius 1 is 1.13 bits per heavy atom. The lowest BCUT2D eigenvalue weighted by molar-refractivity contribution is -0.116. The Balaban J connectivity index is 1.44. The molecule has 0 aromatic heterocycles. The van der Waals surface area contributed by atoms with Crippen LogP contribution < -0.4 is 5.32 Å². The van der Waals surface area contributed by atoms with Gasteiger partial charge in [0.1, 0.15) is 0 Å². The van der Waals surface area contributed by atoms with Crippen LogP contribution in [-0.4, -0.2) is 12.5 Å². The Labute approximate surface area is 138 Å². The van der Waals surface area contributed by atoms with Gasteiger partial charge in [0.05, 0.1) is 0 Å². The molecule has 2 aromatic carbocycles. The minimum atomic E-state index is 0.0277. The van der Waals surface area contributed by atoms with Gasteiger partial charge in [-0.3, -0.25) is 4.79 Å². The molecule has 1 atom stereocenters. The van der Waals surface area contributed by atoms with E-state index in [1.807, 2.05) is 13.0 Å². The molecular weight excluding hydrogens is 282 g/mol. The van der Waals surface area contributed by atoms with Crippen LogP contribution in [0.1, 0.15) is 36.0 Å². The molecule has 0 saturated carbocycles. The van der Waals surface area contributed by atoms with E-state index >= 15 is 0 Å². The van der Waals surface area contributed by atoms with Crippen LogP contribution in [0, 0.1) is 0 Å². The third kappa shape index (κ3) is 4.10. The normalized spacial score (nSPS) is 16.4. The van der Waals surface area contributed by atoms with Crippen LogP contribution in [0.15, 0.2) is 66.2 Å². The molecule has 0 fully saturated rings. The molecule has 0 spiro atoms. The van der Waals surface area contributed by atoms with Gasteiger partial charge in [-0.1, -0.05) is 60.2 Å². The minimum absolute atomic E-state index is 0.0277. The molecule has 3 rings (SSSR count). The molecule has 1 amide bonds. The number of carbonyl (C=O) groups excluding carboxylic acids is 1. The molecule has 0 radical (unpaired) electrons. The van der Waals surface area contributed by atoms with E-state index < -0.39 is 0 Å². The number of allylic oxidation sites excluding steroid dienone is 1. The summed E-state index contributed by atoms with van der Waals surface area (Å²) in [5.74, 6) is 0.508. The molecule has 2 nitrogen and oxygen atoms in total. The number of aryl methyl sites for hydroxylation is 1. The van der Waals surface area contributed by atoms with Gasteiger partial charge in [-0.05, 0) is 42.9 Å². The van der Waals surface area contributed by atoms with Crippen molar-refractivity contribution in [3.05, 3.63) is 82.9 Å². The molecule has 1 unspecified atom stereocenters. The number of hydrogen-bond donors (Lipinski definition) is 1. The van der Waals surface area contributed by atoms with Crippen molar-refractivity contribution in [2.45, 2.75) is 32.1 Å². The summed E-state index contributed by atoms with van der Waals surface area (Å²) in [5, 5.41) is 3.04. The van der Waals surface area contributed by atoms with Crippen molar-refractivity contribution in [2.75, 3.05) is 6.54 Å². The zero-order chi connectivity index (χ0) is 16.1. The largest absolute Gasteiger partial charge is 0.352 e. The number of nitrogens with one attached hydrogen (secondary N) is 1. The zero-order valence-electron chi connectivity index (χ0n) is 13.6. The van der Waals surface area contributed by atoms with E-state index in [4.69, 9.17) is 0 Å². The highest BCUT2D eigenvalue weighted by Crippen LogP contribution is 2.33. The first-order chi connectivity index (χ1) is 11.2. The number of amides is 1. The number of rotatable bonds is 6. The summed E-state index contributed by atoms with van der Waals surface area (Å²) in [4.78, 5) is 12.0. The standard InChI is InChI=1S/C21H23NO/c1-16(11-12-17-7-3-2-4-8-17)13-21(23)22-15-19-14-18-9-5-6-10-20(18)19/h2-10,13,19H,11-12,14-15H2,1H3,(H,22,23)/b16-13-. The smallest absolute Gasteiger partial charge is 0.243 e. The summed E-state index contributed by atoms with van der Waals surface area (Å²) in [7, 11) is 0. The number of hydrogen-bond acceptors (Lipinski definition) is 1. The Kier molecular flexibility index (Phi) is 4.92. The van der Waals surface area contributed by atoms with Crippen LogP contribution in [0.2, 0.25) is 0 Å². The fourth-order valence-electron chi connectivity index (χ4n) is 3.10. The second-order valence-electron chi connectivity index (χ2n) is 6.32. The summed E-state index contributed by atoms with van der Waals surface area (Å²) in [6.45, 7) is 2.76. The first-order valence-electron chi connectivity index (χ1n) is 8.29. The lowest BCUT2D eigenvalue weighted by Gasteiger charge is -2.30. The average molecular weight is 305 g/mol. The highest BCUT2D eigenvalue weighted by molar-refractivity contribution is 5.88. The van der Waals surface area contributed by atoms with Gasteiger partial charge in [-0.25, -0.2) is 0 Å². The van der Waals surface area contributed by atoms with Gasteiger partial charge in [-0.15, -0.1) is 0 Å². The van der Waals surface area contributed by atoms with Crippen LogP contribution in [0.3, 0.4) is 0 Å². The Morgan fingerprint density at radius 2 is 1.87 bits per heavy atom. The Bertz CT molecular complexity index is 703. The van der Waals surface area contributed by atoms with Crippen molar-refractivity contribution in [3.63, 3.8) is 0 Å². The number of benzene rings is 2. The fraction of sp³-hybridized carbons (Fsp3) is 0.286. The Hall–Kier alpha value is -2.35. The minimum Gasteiger partial charge on any atom is -0.352 e. The molecule has 2 heteroatoms. The van der Waals surface area contributed by atoms with E-state index in [2.05, 4.69) is 53.8 Å². The molecule has 0 saturated heterocycles. The maximum Gasteiger partial charge on any atom is 0.243 e. The van der Waals surface area contributed by atoms with Crippen LogP contribution >= 0.6 is 0 Å². The molecule has 23 heavy (non-hydrogen) atoms. The predicted octanol–water partition coefficient (Wildman–Crippen LogP) is 4.02. The van der Waals surface area contributed by atoms with Gasteiger partial charge in [0.2, 0.25) is 5.91 Å².